The van der Waals surface area contributed by atoms with Crippen LogP contribution in [0.3, 0.4) is 0 Å². The Labute approximate surface area is 158 Å². The number of hydrogen-bond acceptors (Lipinski definition) is 4. The van der Waals surface area contributed by atoms with Crippen LogP contribution in [0.2, 0.25) is 0 Å². The molecule has 3 rings (SSSR count). The first kappa shape index (κ1) is 19.2. The van der Waals surface area contributed by atoms with E-state index in [4.69, 9.17) is 4.74 Å². The van der Waals surface area contributed by atoms with Gasteiger partial charge in [-0.25, -0.2) is 4.79 Å². The largest absolute Gasteiger partial charge is 0.376 e. The first-order valence-electron chi connectivity index (χ1n) is 9.27. The molecule has 1 fully saturated rings. The first-order valence-corrected chi connectivity index (χ1v) is 9.27. The fraction of sp³-hybridized carbons (Fsp3) is 0.526. The summed E-state index contributed by atoms with van der Waals surface area (Å²) < 4.78 is 5.49. The van der Waals surface area contributed by atoms with E-state index in [2.05, 4.69) is 10.6 Å². The highest BCUT2D eigenvalue weighted by Crippen LogP contribution is 2.31. The van der Waals surface area contributed by atoms with Crippen LogP contribution in [0.1, 0.15) is 26.2 Å². The number of hydrogen-bond donors (Lipinski definition) is 2. The van der Waals surface area contributed by atoms with Gasteiger partial charge in [-0.3, -0.25) is 9.59 Å². The van der Waals surface area contributed by atoms with Gasteiger partial charge in [0.15, 0.2) is 0 Å². The topological polar surface area (TPSA) is 91.0 Å². The molecule has 0 aliphatic carbocycles. The lowest BCUT2D eigenvalue weighted by Crippen LogP contribution is -2.48. The van der Waals surface area contributed by atoms with Gasteiger partial charge < -0.3 is 25.2 Å². The van der Waals surface area contributed by atoms with Gasteiger partial charge in [-0.15, -0.1) is 0 Å². The Morgan fingerprint density at radius 2 is 2.15 bits per heavy atom. The molecule has 1 saturated heterocycles. The Balaban J connectivity index is 1.65. The normalized spacial score (nSPS) is 21.9. The Hall–Kier alpha value is -2.61. The van der Waals surface area contributed by atoms with Gasteiger partial charge in [-0.2, -0.15) is 0 Å². The number of rotatable bonds is 4. The molecule has 0 bridgehead atoms. The molecule has 0 saturated carbocycles. The van der Waals surface area contributed by atoms with Crippen LogP contribution in [0.5, 0.6) is 0 Å². The molecule has 0 unspecified atom stereocenters. The molecule has 2 atom stereocenters. The van der Waals surface area contributed by atoms with E-state index in [-0.39, 0.29) is 43.0 Å². The number of fused-ring (bicyclic) bond motifs is 1. The highest BCUT2D eigenvalue weighted by Gasteiger charge is 2.30. The van der Waals surface area contributed by atoms with Gasteiger partial charge in [0.1, 0.15) is 6.54 Å². The number of carbonyl (C=O) groups excluding carboxylic acids is 3. The molecule has 8 nitrogen and oxygen atoms in total. The molecule has 1 aromatic carbocycles. The van der Waals surface area contributed by atoms with Crippen molar-refractivity contribution in [1.82, 2.24) is 10.2 Å². The van der Waals surface area contributed by atoms with E-state index in [1.807, 2.05) is 19.1 Å². The molecular formula is C19H26N4O4. The smallest absolute Gasteiger partial charge is 0.317 e. The molecule has 2 aliphatic rings. The summed E-state index contributed by atoms with van der Waals surface area (Å²) in [5.41, 5.74) is 1.25. The fourth-order valence-corrected chi connectivity index (χ4v) is 3.46. The van der Waals surface area contributed by atoms with Crippen LogP contribution in [-0.4, -0.2) is 61.6 Å². The number of likely N-dealkylation sites (N-methyl/N-ethyl adjacent to an activating group) is 1. The van der Waals surface area contributed by atoms with Crippen molar-refractivity contribution in [1.29, 1.82) is 0 Å². The Kier molecular flexibility index (Phi) is 5.95. The minimum atomic E-state index is -0.316. The van der Waals surface area contributed by atoms with E-state index in [9.17, 15) is 14.4 Å². The van der Waals surface area contributed by atoms with E-state index in [0.717, 1.165) is 19.4 Å². The van der Waals surface area contributed by atoms with Crippen LogP contribution in [0.25, 0.3) is 0 Å². The number of urea groups is 1. The summed E-state index contributed by atoms with van der Waals surface area (Å²) in [6, 6.07) is 6.58. The minimum Gasteiger partial charge on any atom is -0.376 e. The van der Waals surface area contributed by atoms with Crippen LogP contribution in [0.4, 0.5) is 16.2 Å². The SMILES string of the molecule is C[C@H]1CC(=O)Nc2ccccc2N1C(=O)CN(C)C(=O)NC[C@@H]1CCCO1. The number of nitrogens with one attached hydrogen (secondary N) is 2. The Morgan fingerprint density at radius 1 is 1.37 bits per heavy atom. The predicted molar refractivity (Wildman–Crippen MR) is 102 cm³/mol. The van der Waals surface area contributed by atoms with Crippen molar-refractivity contribution in [3.05, 3.63) is 24.3 Å². The van der Waals surface area contributed by atoms with Crippen molar-refractivity contribution in [2.75, 3.05) is 37.0 Å². The van der Waals surface area contributed by atoms with Crippen molar-refractivity contribution in [2.45, 2.75) is 38.3 Å². The quantitative estimate of drug-likeness (QED) is 0.837. The highest BCUT2D eigenvalue weighted by molar-refractivity contribution is 6.05. The zero-order valence-corrected chi connectivity index (χ0v) is 15.7. The number of nitrogens with zero attached hydrogens (tertiary/aromatic N) is 2. The zero-order chi connectivity index (χ0) is 19.4. The van der Waals surface area contributed by atoms with Gasteiger partial charge in [0, 0.05) is 32.7 Å². The lowest BCUT2D eigenvalue weighted by molar-refractivity contribution is -0.119. The second-order valence-electron chi connectivity index (χ2n) is 7.06. The molecule has 146 valence electrons. The third kappa shape index (κ3) is 4.57. The fourth-order valence-electron chi connectivity index (χ4n) is 3.46. The number of carbonyl (C=O) groups is 3. The third-order valence-electron chi connectivity index (χ3n) is 4.85. The zero-order valence-electron chi connectivity index (χ0n) is 15.7. The summed E-state index contributed by atoms with van der Waals surface area (Å²) in [5, 5.41) is 5.63. The van der Waals surface area contributed by atoms with Crippen molar-refractivity contribution in [3.8, 4) is 0 Å². The van der Waals surface area contributed by atoms with Gasteiger partial charge in [-0.1, -0.05) is 12.1 Å². The lowest BCUT2D eigenvalue weighted by Gasteiger charge is -2.30. The maximum Gasteiger partial charge on any atom is 0.317 e. The maximum absolute atomic E-state index is 12.9. The first-order chi connectivity index (χ1) is 13.0. The van der Waals surface area contributed by atoms with Crippen LogP contribution in [-0.2, 0) is 14.3 Å². The number of anilines is 2. The van der Waals surface area contributed by atoms with Gasteiger partial charge in [0.2, 0.25) is 11.8 Å². The predicted octanol–water partition coefficient (Wildman–Crippen LogP) is 1.57. The monoisotopic (exact) mass is 374 g/mol. The van der Waals surface area contributed by atoms with Gasteiger partial charge in [-0.05, 0) is 31.9 Å². The summed E-state index contributed by atoms with van der Waals surface area (Å²) >= 11 is 0. The molecule has 4 amide bonds. The van der Waals surface area contributed by atoms with Gasteiger partial charge >= 0.3 is 6.03 Å². The van der Waals surface area contributed by atoms with Crippen LogP contribution in [0.15, 0.2) is 24.3 Å². The minimum absolute atomic E-state index is 0.0487. The molecule has 2 aliphatic heterocycles. The number of benzene rings is 1. The molecule has 0 aromatic heterocycles. The maximum atomic E-state index is 12.9. The number of amides is 4. The number of ether oxygens (including phenoxy) is 1. The van der Waals surface area contributed by atoms with Gasteiger partial charge in [0.25, 0.3) is 0 Å². The average molecular weight is 374 g/mol. The second-order valence-corrected chi connectivity index (χ2v) is 7.06. The van der Waals surface area contributed by atoms with Crippen LogP contribution < -0.4 is 15.5 Å². The molecule has 0 radical (unpaired) electrons. The van der Waals surface area contributed by atoms with E-state index in [1.54, 1.807) is 24.1 Å². The molecular weight excluding hydrogens is 348 g/mol. The molecule has 1 aromatic rings. The molecule has 8 heteroatoms. The third-order valence-corrected chi connectivity index (χ3v) is 4.85. The summed E-state index contributed by atoms with van der Waals surface area (Å²) in [4.78, 5) is 40.2. The van der Waals surface area contributed by atoms with Crippen molar-refractivity contribution in [2.24, 2.45) is 0 Å². The van der Waals surface area contributed by atoms with Crippen molar-refractivity contribution < 1.29 is 19.1 Å². The average Bonchev–Trinajstić information content (AvgIpc) is 3.10. The molecule has 27 heavy (non-hydrogen) atoms. The Bertz CT molecular complexity index is 717. The highest BCUT2D eigenvalue weighted by atomic mass is 16.5. The van der Waals surface area contributed by atoms with Crippen molar-refractivity contribution >= 4 is 29.2 Å². The Morgan fingerprint density at radius 3 is 2.89 bits per heavy atom. The summed E-state index contributed by atoms with van der Waals surface area (Å²) in [6.45, 7) is 2.92. The number of para-hydroxylation sites is 2. The van der Waals surface area contributed by atoms with E-state index < -0.39 is 0 Å². The molecule has 2 heterocycles. The second kappa shape index (κ2) is 8.39. The lowest BCUT2D eigenvalue weighted by atomic mass is 10.1. The van der Waals surface area contributed by atoms with E-state index in [1.165, 1.54) is 4.90 Å². The van der Waals surface area contributed by atoms with Crippen LogP contribution in [0, 0.1) is 0 Å². The molecule has 2 N–H and O–H groups in total. The van der Waals surface area contributed by atoms with E-state index >= 15 is 0 Å². The molecule has 0 spiro atoms. The van der Waals surface area contributed by atoms with Crippen molar-refractivity contribution in [3.63, 3.8) is 0 Å². The van der Waals surface area contributed by atoms with Gasteiger partial charge in [0.05, 0.1) is 17.5 Å². The summed E-state index contributed by atoms with van der Waals surface area (Å²) in [5.74, 6) is -0.367. The standard InChI is InChI=1S/C19H26N4O4/c1-13-10-17(24)21-15-7-3-4-8-16(15)23(13)18(25)12-22(2)19(26)20-11-14-6-5-9-27-14/h3-4,7-8,13-14H,5-6,9-12H2,1-2H3,(H,20,26)(H,21,24)/t13-,14-/m0/s1. The van der Waals surface area contributed by atoms with E-state index in [0.29, 0.717) is 17.9 Å². The summed E-state index contributed by atoms with van der Waals surface area (Å²) in [7, 11) is 1.58. The summed E-state index contributed by atoms with van der Waals surface area (Å²) in [6.07, 6.45) is 2.20. The van der Waals surface area contributed by atoms with Crippen LogP contribution >= 0.6 is 0 Å².